The van der Waals surface area contributed by atoms with Crippen LogP contribution in [-0.2, 0) is 0 Å². The Kier molecular flexibility index (Phi) is 3.82. The van der Waals surface area contributed by atoms with E-state index in [1.165, 1.54) is 6.07 Å². The molecular formula is C12H10ClN3O2S. The lowest BCUT2D eigenvalue weighted by atomic mass is 10.2. The minimum atomic E-state index is -0.418. The fourth-order valence-electron chi connectivity index (χ4n) is 1.43. The van der Waals surface area contributed by atoms with Gasteiger partial charge in [-0.15, -0.1) is 0 Å². The van der Waals surface area contributed by atoms with Crippen LogP contribution in [0.3, 0.4) is 0 Å². The van der Waals surface area contributed by atoms with Gasteiger partial charge in [-0.2, -0.15) is 0 Å². The number of aromatic nitrogens is 1. The van der Waals surface area contributed by atoms with Crippen molar-refractivity contribution in [3.63, 3.8) is 0 Å². The summed E-state index contributed by atoms with van der Waals surface area (Å²) in [5.41, 5.74) is 6.73. The Morgan fingerprint density at radius 1 is 1.47 bits per heavy atom. The number of thiocarbonyl (C=S) groups is 1. The summed E-state index contributed by atoms with van der Waals surface area (Å²) in [6.45, 7) is 1.70. The molecule has 5 nitrogen and oxygen atoms in total. The van der Waals surface area contributed by atoms with E-state index in [1.807, 2.05) is 0 Å². The van der Waals surface area contributed by atoms with Crippen LogP contribution in [0.4, 0.5) is 5.69 Å². The fraction of sp³-hybridized carbons (Fsp3) is 0.0833. The van der Waals surface area contributed by atoms with E-state index in [4.69, 9.17) is 34.1 Å². The van der Waals surface area contributed by atoms with E-state index in [0.717, 1.165) is 0 Å². The van der Waals surface area contributed by atoms with Crippen molar-refractivity contribution in [2.75, 3.05) is 5.32 Å². The molecule has 1 aromatic heterocycles. The standard InChI is InChI=1S/C12H10ClN3O2S/c1-6-4-10(16-18-6)12(17)15-9-5-7(11(14)19)2-3-8(9)13/h2-5H,1H3,(H2,14,19)(H,15,17). The van der Waals surface area contributed by atoms with Crippen molar-refractivity contribution < 1.29 is 9.32 Å². The molecule has 2 rings (SSSR count). The number of hydrogen-bond acceptors (Lipinski definition) is 4. The first kappa shape index (κ1) is 13.5. The molecule has 98 valence electrons. The number of nitrogens with one attached hydrogen (secondary N) is 1. The minimum absolute atomic E-state index is 0.175. The average Bonchev–Trinajstić information content (AvgIpc) is 2.78. The molecule has 0 bridgehead atoms. The molecule has 0 spiro atoms. The van der Waals surface area contributed by atoms with Gasteiger partial charge in [0.15, 0.2) is 5.69 Å². The van der Waals surface area contributed by atoms with Crippen LogP contribution in [0.2, 0.25) is 5.02 Å². The molecule has 1 aromatic carbocycles. The zero-order chi connectivity index (χ0) is 14.0. The van der Waals surface area contributed by atoms with E-state index in [0.29, 0.717) is 22.0 Å². The van der Waals surface area contributed by atoms with E-state index in [9.17, 15) is 4.79 Å². The van der Waals surface area contributed by atoms with Crippen LogP contribution < -0.4 is 11.1 Å². The van der Waals surface area contributed by atoms with E-state index in [2.05, 4.69) is 10.5 Å². The second-order valence-corrected chi connectivity index (χ2v) is 4.68. The monoisotopic (exact) mass is 295 g/mol. The Morgan fingerprint density at radius 3 is 2.79 bits per heavy atom. The Hall–Kier alpha value is -1.92. The molecule has 0 aliphatic heterocycles. The molecule has 1 amide bonds. The van der Waals surface area contributed by atoms with Crippen molar-refractivity contribution in [1.82, 2.24) is 5.16 Å². The number of nitrogens with two attached hydrogens (primary N) is 1. The number of hydrogen-bond donors (Lipinski definition) is 2. The number of amides is 1. The number of aryl methyl sites for hydroxylation is 1. The second kappa shape index (κ2) is 5.38. The first-order chi connectivity index (χ1) is 8.97. The molecule has 0 saturated heterocycles. The molecular weight excluding hydrogens is 286 g/mol. The molecule has 19 heavy (non-hydrogen) atoms. The molecule has 3 N–H and O–H groups in total. The van der Waals surface area contributed by atoms with Crippen LogP contribution in [0.15, 0.2) is 28.8 Å². The molecule has 0 saturated carbocycles. The normalized spacial score (nSPS) is 10.2. The first-order valence-corrected chi connectivity index (χ1v) is 6.10. The molecule has 7 heteroatoms. The molecule has 0 aliphatic carbocycles. The van der Waals surface area contributed by atoms with Gasteiger partial charge < -0.3 is 15.6 Å². The summed E-state index contributed by atoms with van der Waals surface area (Å²) in [5, 5.41) is 6.63. The highest BCUT2D eigenvalue weighted by atomic mass is 35.5. The van der Waals surface area contributed by atoms with Gasteiger partial charge in [-0.1, -0.05) is 35.0 Å². The summed E-state index contributed by atoms with van der Waals surface area (Å²) >= 11 is 10.9. The summed E-state index contributed by atoms with van der Waals surface area (Å²) in [5.74, 6) is 0.131. The SMILES string of the molecule is Cc1cc(C(=O)Nc2cc(C(N)=S)ccc2Cl)no1. The molecule has 1 heterocycles. The van der Waals surface area contributed by atoms with Gasteiger partial charge >= 0.3 is 0 Å². The van der Waals surface area contributed by atoms with Gasteiger partial charge in [-0.05, 0) is 19.1 Å². The third-order valence-corrected chi connectivity index (χ3v) is 2.92. The third-order valence-electron chi connectivity index (χ3n) is 2.36. The maximum Gasteiger partial charge on any atom is 0.277 e. The van der Waals surface area contributed by atoms with Gasteiger partial charge in [0.05, 0.1) is 10.7 Å². The molecule has 0 aliphatic rings. The summed E-state index contributed by atoms with van der Waals surface area (Å²) in [6, 6.07) is 6.43. The van der Waals surface area contributed by atoms with Gasteiger partial charge in [-0.3, -0.25) is 4.79 Å². The van der Waals surface area contributed by atoms with Crippen molar-refractivity contribution in [1.29, 1.82) is 0 Å². The maximum absolute atomic E-state index is 11.9. The van der Waals surface area contributed by atoms with E-state index in [-0.39, 0.29) is 10.7 Å². The Bertz CT molecular complexity index is 654. The van der Waals surface area contributed by atoms with E-state index >= 15 is 0 Å². The van der Waals surface area contributed by atoms with Crippen LogP contribution in [0.5, 0.6) is 0 Å². The smallest absolute Gasteiger partial charge is 0.277 e. The predicted octanol–water partition coefficient (Wildman–Crippen LogP) is 2.52. The van der Waals surface area contributed by atoms with Crippen molar-refractivity contribution in [2.45, 2.75) is 6.92 Å². The van der Waals surface area contributed by atoms with Crippen LogP contribution in [0.25, 0.3) is 0 Å². The number of halogens is 1. The summed E-state index contributed by atoms with van der Waals surface area (Å²) in [7, 11) is 0. The van der Waals surface area contributed by atoms with Gasteiger partial charge in [-0.25, -0.2) is 0 Å². The highest BCUT2D eigenvalue weighted by Crippen LogP contribution is 2.23. The van der Waals surface area contributed by atoms with Crippen LogP contribution >= 0.6 is 23.8 Å². The number of carbonyl (C=O) groups is 1. The quantitative estimate of drug-likeness (QED) is 0.850. The Morgan fingerprint density at radius 2 is 2.21 bits per heavy atom. The molecule has 0 fully saturated rings. The second-order valence-electron chi connectivity index (χ2n) is 3.84. The summed E-state index contributed by atoms with van der Waals surface area (Å²) in [4.78, 5) is 12.1. The fourth-order valence-corrected chi connectivity index (χ4v) is 1.73. The molecule has 0 atom stereocenters. The topological polar surface area (TPSA) is 81.2 Å². The van der Waals surface area contributed by atoms with Gasteiger partial charge in [0.1, 0.15) is 10.7 Å². The number of rotatable bonds is 3. The average molecular weight is 296 g/mol. The van der Waals surface area contributed by atoms with E-state index < -0.39 is 5.91 Å². The van der Waals surface area contributed by atoms with Gasteiger partial charge in [0, 0.05) is 11.6 Å². The number of benzene rings is 1. The number of anilines is 1. The molecule has 2 aromatic rings. The highest BCUT2D eigenvalue weighted by Gasteiger charge is 2.13. The van der Waals surface area contributed by atoms with Gasteiger partial charge in [0.25, 0.3) is 5.91 Å². The van der Waals surface area contributed by atoms with Crippen molar-refractivity contribution >= 4 is 40.4 Å². The zero-order valence-electron chi connectivity index (χ0n) is 9.94. The van der Waals surface area contributed by atoms with Crippen molar-refractivity contribution in [3.8, 4) is 0 Å². The van der Waals surface area contributed by atoms with Crippen LogP contribution in [0, 0.1) is 6.92 Å². The predicted molar refractivity (Wildman–Crippen MR) is 76.5 cm³/mol. The van der Waals surface area contributed by atoms with Crippen LogP contribution in [-0.4, -0.2) is 16.1 Å². The number of nitrogens with zero attached hydrogens (tertiary/aromatic N) is 1. The third kappa shape index (κ3) is 3.10. The summed E-state index contributed by atoms with van der Waals surface area (Å²) in [6.07, 6.45) is 0. The highest BCUT2D eigenvalue weighted by molar-refractivity contribution is 7.80. The molecule has 0 unspecified atom stereocenters. The first-order valence-electron chi connectivity index (χ1n) is 5.31. The lowest BCUT2D eigenvalue weighted by Crippen LogP contribution is -2.14. The van der Waals surface area contributed by atoms with E-state index in [1.54, 1.807) is 25.1 Å². The largest absolute Gasteiger partial charge is 0.389 e. The maximum atomic E-state index is 11.9. The van der Waals surface area contributed by atoms with Crippen molar-refractivity contribution in [2.24, 2.45) is 5.73 Å². The lowest BCUT2D eigenvalue weighted by Gasteiger charge is -2.07. The van der Waals surface area contributed by atoms with Crippen LogP contribution in [0.1, 0.15) is 21.8 Å². The lowest BCUT2D eigenvalue weighted by molar-refractivity contribution is 0.101. The van der Waals surface area contributed by atoms with Gasteiger partial charge in [0.2, 0.25) is 0 Å². The Labute approximate surface area is 119 Å². The minimum Gasteiger partial charge on any atom is -0.389 e. The summed E-state index contributed by atoms with van der Waals surface area (Å²) < 4.78 is 4.83. The zero-order valence-corrected chi connectivity index (χ0v) is 11.5. The van der Waals surface area contributed by atoms with Crippen molar-refractivity contribution in [3.05, 3.63) is 46.3 Å². The molecule has 0 radical (unpaired) electrons. The Balaban J connectivity index is 2.25. The number of carbonyl (C=O) groups excluding carboxylic acids is 1.